The van der Waals surface area contributed by atoms with E-state index >= 15 is 4.39 Å². The van der Waals surface area contributed by atoms with E-state index < -0.39 is 17.8 Å². The van der Waals surface area contributed by atoms with Crippen molar-refractivity contribution in [2.75, 3.05) is 18.8 Å². The summed E-state index contributed by atoms with van der Waals surface area (Å²) >= 11 is 6.58. The van der Waals surface area contributed by atoms with Crippen LogP contribution in [0.15, 0.2) is 62.7 Å². The van der Waals surface area contributed by atoms with Crippen molar-refractivity contribution in [3.05, 3.63) is 75.4 Å². The number of aromatic nitrogens is 3. The number of nitrogens with zero attached hydrogens (tertiary/aromatic N) is 4. The standard InChI is InChI=1S/C27H21ClF2N6O2/c28-18-10-32-9-16-21(15-7-12(37)1-2-13(15)18)17(11-36-20(38)8-27(5-6-27)23(16)36)26-34-22(25(30)35-26)14-3-4-19(31)33-24(14)29/h1-4,7,10,17,23H,5-6,8-9,11H2,(H2,31,33)(H,34,35). The lowest BCUT2D eigenvalue weighted by molar-refractivity contribution is -0.129. The molecule has 1 saturated heterocycles. The Kier molecular flexibility index (Phi) is 4.91. The molecule has 2 aromatic heterocycles. The summed E-state index contributed by atoms with van der Waals surface area (Å²) in [7, 11) is 0. The van der Waals surface area contributed by atoms with Crippen LogP contribution in [0.25, 0.3) is 11.3 Å². The number of amides is 1. The molecule has 0 aromatic carbocycles. The molecule has 2 unspecified atom stereocenters. The average Bonchev–Trinajstić information content (AvgIpc) is 3.45. The highest BCUT2D eigenvalue weighted by Gasteiger charge is 2.62. The molecule has 2 atom stereocenters. The number of carbonyl (C=O) groups is 2. The van der Waals surface area contributed by atoms with Crippen LogP contribution >= 0.6 is 11.6 Å². The van der Waals surface area contributed by atoms with E-state index in [0.717, 1.165) is 24.0 Å². The molecule has 0 bridgehead atoms. The monoisotopic (exact) mass is 534 g/mol. The molecule has 5 heterocycles. The van der Waals surface area contributed by atoms with Crippen LogP contribution in [0, 0.1) is 17.3 Å². The molecule has 1 saturated carbocycles. The van der Waals surface area contributed by atoms with Crippen molar-refractivity contribution in [3.8, 4) is 11.3 Å². The fourth-order valence-electron chi connectivity index (χ4n) is 6.35. The normalized spacial score (nSPS) is 25.3. The van der Waals surface area contributed by atoms with Crippen LogP contribution < -0.4 is 5.73 Å². The Morgan fingerprint density at radius 2 is 1.97 bits per heavy atom. The van der Waals surface area contributed by atoms with E-state index in [1.165, 1.54) is 24.3 Å². The Hall–Kier alpha value is -3.92. The molecule has 2 aliphatic carbocycles. The van der Waals surface area contributed by atoms with E-state index in [1.54, 1.807) is 12.3 Å². The summed E-state index contributed by atoms with van der Waals surface area (Å²) in [5, 5.41) is 0.373. The predicted molar refractivity (Wildman–Crippen MR) is 136 cm³/mol. The van der Waals surface area contributed by atoms with Gasteiger partial charge in [-0.15, -0.1) is 0 Å². The third-order valence-electron chi connectivity index (χ3n) is 8.15. The van der Waals surface area contributed by atoms with Crippen LogP contribution in [0.2, 0.25) is 0 Å². The number of hydrogen-bond acceptors (Lipinski definition) is 6. The maximum atomic E-state index is 15.3. The summed E-state index contributed by atoms with van der Waals surface area (Å²) < 4.78 is 29.9. The van der Waals surface area contributed by atoms with Gasteiger partial charge in [0.1, 0.15) is 17.3 Å². The van der Waals surface area contributed by atoms with Crippen molar-refractivity contribution < 1.29 is 18.4 Å². The van der Waals surface area contributed by atoms with Crippen LogP contribution in [0.5, 0.6) is 0 Å². The fourth-order valence-corrected chi connectivity index (χ4v) is 6.58. The number of H-pyrrole nitrogens is 1. The van der Waals surface area contributed by atoms with Crippen molar-refractivity contribution in [1.82, 2.24) is 19.9 Å². The highest BCUT2D eigenvalue weighted by Crippen LogP contribution is 2.62. The van der Waals surface area contributed by atoms with Gasteiger partial charge in [0.05, 0.1) is 29.1 Å². The molecule has 11 heteroatoms. The molecule has 1 spiro atoms. The number of nitrogens with two attached hydrogens (primary N) is 1. The maximum Gasteiger partial charge on any atom is 0.224 e. The zero-order chi connectivity index (χ0) is 26.3. The van der Waals surface area contributed by atoms with Crippen LogP contribution in [0.4, 0.5) is 14.6 Å². The number of anilines is 1. The minimum absolute atomic E-state index is 0.0264. The van der Waals surface area contributed by atoms with Crippen LogP contribution in [0.3, 0.4) is 0 Å². The molecular weight excluding hydrogens is 514 g/mol. The number of rotatable bonds is 2. The first-order chi connectivity index (χ1) is 18.3. The Labute approximate surface area is 220 Å². The second-order valence-corrected chi connectivity index (χ2v) is 10.8. The molecule has 2 aromatic rings. The summed E-state index contributed by atoms with van der Waals surface area (Å²) in [6.45, 7) is 0.496. The molecule has 7 rings (SSSR count). The molecule has 3 aliphatic heterocycles. The predicted octanol–water partition coefficient (Wildman–Crippen LogP) is 3.75. The topological polar surface area (TPSA) is 117 Å². The van der Waals surface area contributed by atoms with Crippen molar-refractivity contribution in [2.24, 2.45) is 10.4 Å². The Morgan fingerprint density at radius 1 is 1.16 bits per heavy atom. The number of nitrogens with one attached hydrogen (secondary N) is 1. The zero-order valence-electron chi connectivity index (χ0n) is 20.0. The largest absolute Gasteiger partial charge is 0.384 e. The van der Waals surface area contributed by atoms with Crippen LogP contribution in [-0.2, 0) is 9.59 Å². The van der Waals surface area contributed by atoms with E-state index in [0.29, 0.717) is 22.6 Å². The number of fused-ring (bicyclic) bond motifs is 5. The van der Waals surface area contributed by atoms with Gasteiger partial charge in [0.25, 0.3) is 0 Å². The molecule has 1 amide bonds. The molecule has 0 radical (unpaired) electrons. The number of pyridine rings is 1. The first-order valence-electron chi connectivity index (χ1n) is 12.3. The Bertz CT molecular complexity index is 1610. The van der Waals surface area contributed by atoms with E-state index in [9.17, 15) is 14.0 Å². The number of aromatic amines is 1. The van der Waals surface area contributed by atoms with Crippen molar-refractivity contribution >= 4 is 35.3 Å². The van der Waals surface area contributed by atoms with Crippen molar-refractivity contribution in [1.29, 1.82) is 0 Å². The van der Waals surface area contributed by atoms with E-state index in [1.807, 2.05) is 4.90 Å². The number of allylic oxidation sites excluding steroid dienone is 6. The molecule has 3 N–H and O–H groups in total. The lowest BCUT2D eigenvalue weighted by Crippen LogP contribution is -2.46. The lowest BCUT2D eigenvalue weighted by atomic mass is 9.74. The highest BCUT2D eigenvalue weighted by molar-refractivity contribution is 6.40. The van der Waals surface area contributed by atoms with Crippen molar-refractivity contribution in [2.45, 2.75) is 31.2 Å². The minimum Gasteiger partial charge on any atom is -0.384 e. The van der Waals surface area contributed by atoms with Gasteiger partial charge in [-0.3, -0.25) is 14.6 Å². The smallest absolute Gasteiger partial charge is 0.224 e. The Balaban J connectivity index is 1.44. The first kappa shape index (κ1) is 23.2. The summed E-state index contributed by atoms with van der Waals surface area (Å²) in [6.07, 6.45) is 8.47. The second-order valence-electron chi connectivity index (χ2n) is 10.4. The fraction of sp³-hybridized carbons (Fsp3) is 0.296. The SMILES string of the molecule is Nc1ccc(-c2nc(C3CN4C(=O)CC5(CC5)C4C4=C3C3=CC(=O)C=CC3=C(Cl)C=NC4)[nH]c2F)c(F)n1. The quantitative estimate of drug-likeness (QED) is 0.569. The summed E-state index contributed by atoms with van der Waals surface area (Å²) in [4.78, 5) is 42.9. The Morgan fingerprint density at radius 3 is 2.74 bits per heavy atom. The number of nitrogen functional groups attached to an aromatic ring is 1. The van der Waals surface area contributed by atoms with Gasteiger partial charge in [-0.2, -0.15) is 8.78 Å². The van der Waals surface area contributed by atoms with Gasteiger partial charge in [0, 0.05) is 30.2 Å². The first-order valence-corrected chi connectivity index (χ1v) is 12.7. The van der Waals surface area contributed by atoms with Gasteiger partial charge in [0.15, 0.2) is 5.78 Å². The molecule has 38 heavy (non-hydrogen) atoms. The molecular formula is C27H21ClF2N6O2. The van der Waals surface area contributed by atoms with E-state index in [-0.39, 0.29) is 59.1 Å². The number of aliphatic imine (C=N–C) groups is 1. The average molecular weight is 535 g/mol. The number of ketones is 1. The van der Waals surface area contributed by atoms with E-state index in [2.05, 4.69) is 19.9 Å². The van der Waals surface area contributed by atoms with Crippen LogP contribution in [0.1, 0.15) is 31.0 Å². The maximum absolute atomic E-state index is 15.3. The third kappa shape index (κ3) is 3.36. The van der Waals surface area contributed by atoms with E-state index in [4.69, 9.17) is 17.3 Å². The van der Waals surface area contributed by atoms with Gasteiger partial charge in [-0.1, -0.05) is 11.6 Å². The minimum atomic E-state index is -0.945. The molecule has 2 fully saturated rings. The van der Waals surface area contributed by atoms with Gasteiger partial charge in [-0.25, -0.2) is 9.97 Å². The summed E-state index contributed by atoms with van der Waals surface area (Å²) in [5.74, 6) is -2.43. The second kappa shape index (κ2) is 8.04. The summed E-state index contributed by atoms with van der Waals surface area (Å²) in [5.41, 5.74) is 7.91. The molecule has 192 valence electrons. The number of carbonyl (C=O) groups excluding carboxylic acids is 2. The molecule has 5 aliphatic rings. The zero-order valence-corrected chi connectivity index (χ0v) is 20.7. The van der Waals surface area contributed by atoms with Gasteiger partial charge in [-0.05, 0) is 59.9 Å². The van der Waals surface area contributed by atoms with Crippen LogP contribution in [-0.4, -0.2) is 56.9 Å². The van der Waals surface area contributed by atoms with Gasteiger partial charge < -0.3 is 15.6 Å². The summed E-state index contributed by atoms with van der Waals surface area (Å²) in [6, 6.07) is 2.52. The highest BCUT2D eigenvalue weighted by atomic mass is 35.5. The van der Waals surface area contributed by atoms with Gasteiger partial charge >= 0.3 is 0 Å². The van der Waals surface area contributed by atoms with Gasteiger partial charge in [0.2, 0.25) is 17.8 Å². The number of imidazole rings is 1. The number of halogens is 3. The van der Waals surface area contributed by atoms with Crippen molar-refractivity contribution in [3.63, 3.8) is 0 Å². The lowest BCUT2D eigenvalue weighted by Gasteiger charge is -2.42. The number of hydrogen-bond donors (Lipinski definition) is 2. The molecule has 8 nitrogen and oxygen atoms in total. The third-order valence-corrected chi connectivity index (χ3v) is 8.45.